The van der Waals surface area contributed by atoms with Crippen LogP contribution in [0.1, 0.15) is 57.7 Å². The molecule has 210 valence electrons. The van der Waals surface area contributed by atoms with Gasteiger partial charge in [0.15, 0.2) is 0 Å². The Bertz CT molecular complexity index is 1060. The molecule has 2 atom stereocenters. The lowest BCUT2D eigenvalue weighted by atomic mass is 9.97. The SMILES string of the molecule is CC(C)CCN(C(=O)NC[C@@H](O)[C@H](Cc1ccccc1)N(Cc1ccccc1)Cc1ccccc1)C(C)(C)C. The van der Waals surface area contributed by atoms with Crippen LogP contribution >= 0.6 is 0 Å². The molecule has 0 saturated heterocycles. The zero-order valence-corrected chi connectivity index (χ0v) is 24.4. The highest BCUT2D eigenvalue weighted by atomic mass is 16.3. The third-order valence-electron chi connectivity index (χ3n) is 7.11. The Kier molecular flexibility index (Phi) is 11.6. The summed E-state index contributed by atoms with van der Waals surface area (Å²) in [6.07, 6.45) is 0.855. The number of carbonyl (C=O) groups is 1. The molecule has 2 N–H and O–H groups in total. The summed E-state index contributed by atoms with van der Waals surface area (Å²) in [6.45, 7) is 12.8. The van der Waals surface area contributed by atoms with Crippen LogP contribution in [0.5, 0.6) is 0 Å². The average Bonchev–Trinajstić information content (AvgIpc) is 2.91. The minimum absolute atomic E-state index is 0.127. The van der Waals surface area contributed by atoms with Crippen LogP contribution in [0.25, 0.3) is 0 Å². The second-order valence-corrected chi connectivity index (χ2v) is 11.9. The molecule has 0 aliphatic carbocycles. The molecule has 0 aromatic heterocycles. The number of carbonyl (C=O) groups excluding carboxylic acids is 1. The Morgan fingerprint density at radius 1 is 0.795 bits per heavy atom. The topological polar surface area (TPSA) is 55.8 Å². The van der Waals surface area contributed by atoms with Gasteiger partial charge in [0.1, 0.15) is 0 Å². The van der Waals surface area contributed by atoms with Crippen molar-refractivity contribution in [2.75, 3.05) is 13.1 Å². The summed E-state index contributed by atoms with van der Waals surface area (Å²) in [6, 6.07) is 30.7. The second kappa shape index (κ2) is 14.9. The molecular weight excluding hydrogens is 482 g/mol. The fourth-order valence-corrected chi connectivity index (χ4v) is 4.84. The van der Waals surface area contributed by atoms with Gasteiger partial charge in [0.2, 0.25) is 0 Å². The van der Waals surface area contributed by atoms with Crippen molar-refractivity contribution in [1.82, 2.24) is 15.1 Å². The van der Waals surface area contributed by atoms with Crippen molar-refractivity contribution >= 4 is 6.03 Å². The third-order valence-corrected chi connectivity index (χ3v) is 7.11. The minimum atomic E-state index is -0.756. The number of hydrogen-bond donors (Lipinski definition) is 2. The number of amides is 2. The van der Waals surface area contributed by atoms with Gasteiger partial charge in [-0.15, -0.1) is 0 Å². The molecule has 0 bridgehead atoms. The summed E-state index contributed by atoms with van der Waals surface area (Å²) in [5.41, 5.74) is 3.23. The molecule has 5 nitrogen and oxygen atoms in total. The first-order chi connectivity index (χ1) is 18.6. The Labute approximate surface area is 235 Å². The molecule has 0 spiro atoms. The van der Waals surface area contributed by atoms with E-state index in [9.17, 15) is 9.90 Å². The third kappa shape index (κ3) is 10.2. The van der Waals surface area contributed by atoms with Crippen molar-refractivity contribution < 1.29 is 9.90 Å². The molecular formula is C34H47N3O2. The fraction of sp³-hybridized carbons (Fsp3) is 0.441. The van der Waals surface area contributed by atoms with Crippen LogP contribution < -0.4 is 5.32 Å². The maximum Gasteiger partial charge on any atom is 0.317 e. The van der Waals surface area contributed by atoms with E-state index in [2.05, 4.69) is 105 Å². The van der Waals surface area contributed by atoms with Crippen LogP contribution in [0.15, 0.2) is 91.0 Å². The van der Waals surface area contributed by atoms with E-state index in [0.29, 0.717) is 32.0 Å². The van der Waals surface area contributed by atoms with Gasteiger partial charge in [0.05, 0.1) is 6.10 Å². The Morgan fingerprint density at radius 2 is 1.26 bits per heavy atom. The largest absolute Gasteiger partial charge is 0.390 e. The summed E-state index contributed by atoms with van der Waals surface area (Å²) in [7, 11) is 0. The molecule has 3 aromatic rings. The van der Waals surface area contributed by atoms with Crippen LogP contribution in [0, 0.1) is 5.92 Å². The van der Waals surface area contributed by atoms with E-state index < -0.39 is 6.10 Å². The Hall–Kier alpha value is -3.15. The smallest absolute Gasteiger partial charge is 0.317 e. The zero-order valence-electron chi connectivity index (χ0n) is 24.4. The first-order valence-electron chi connectivity index (χ1n) is 14.2. The summed E-state index contributed by atoms with van der Waals surface area (Å²) >= 11 is 0. The quantitative estimate of drug-likeness (QED) is 0.265. The van der Waals surface area contributed by atoms with Crippen LogP contribution in [0.2, 0.25) is 0 Å². The number of nitrogens with one attached hydrogen (secondary N) is 1. The van der Waals surface area contributed by atoms with Gasteiger partial charge in [-0.3, -0.25) is 4.90 Å². The zero-order chi connectivity index (χ0) is 28.3. The number of hydrogen-bond acceptors (Lipinski definition) is 3. The van der Waals surface area contributed by atoms with Gasteiger partial charge < -0.3 is 15.3 Å². The number of rotatable bonds is 13. The first kappa shape index (κ1) is 30.4. The predicted octanol–water partition coefficient (Wildman–Crippen LogP) is 6.52. The highest BCUT2D eigenvalue weighted by Crippen LogP contribution is 2.20. The van der Waals surface area contributed by atoms with Crippen molar-refractivity contribution in [3.8, 4) is 0 Å². The van der Waals surface area contributed by atoms with Crippen molar-refractivity contribution in [1.29, 1.82) is 0 Å². The number of benzene rings is 3. The predicted molar refractivity (Wildman–Crippen MR) is 161 cm³/mol. The number of aliphatic hydroxyl groups is 1. The molecule has 0 aliphatic heterocycles. The van der Waals surface area contributed by atoms with Gasteiger partial charge in [0.25, 0.3) is 0 Å². The summed E-state index contributed by atoms with van der Waals surface area (Å²) in [5.74, 6) is 0.507. The van der Waals surface area contributed by atoms with E-state index in [0.717, 1.165) is 12.0 Å². The molecule has 3 rings (SSSR count). The highest BCUT2D eigenvalue weighted by Gasteiger charge is 2.30. The maximum absolute atomic E-state index is 13.3. The fourth-order valence-electron chi connectivity index (χ4n) is 4.84. The first-order valence-corrected chi connectivity index (χ1v) is 14.2. The van der Waals surface area contributed by atoms with Crippen molar-refractivity contribution in [2.45, 2.75) is 78.2 Å². The number of aliphatic hydroxyl groups excluding tert-OH is 1. The monoisotopic (exact) mass is 529 g/mol. The van der Waals surface area contributed by atoms with Gasteiger partial charge in [-0.05, 0) is 56.2 Å². The molecule has 0 radical (unpaired) electrons. The minimum Gasteiger partial charge on any atom is -0.390 e. The molecule has 39 heavy (non-hydrogen) atoms. The van der Waals surface area contributed by atoms with Crippen LogP contribution in [-0.2, 0) is 19.5 Å². The van der Waals surface area contributed by atoms with E-state index >= 15 is 0 Å². The Morgan fingerprint density at radius 3 is 1.69 bits per heavy atom. The maximum atomic E-state index is 13.3. The van der Waals surface area contributed by atoms with Gasteiger partial charge in [-0.1, -0.05) is 105 Å². The molecule has 0 saturated carbocycles. The summed E-state index contributed by atoms with van der Waals surface area (Å²) in [5, 5.41) is 14.7. The molecule has 2 amide bonds. The molecule has 0 aliphatic rings. The van der Waals surface area contributed by atoms with Gasteiger partial charge in [-0.2, -0.15) is 0 Å². The van der Waals surface area contributed by atoms with Gasteiger partial charge >= 0.3 is 6.03 Å². The summed E-state index contributed by atoms with van der Waals surface area (Å²) in [4.78, 5) is 17.6. The van der Waals surface area contributed by atoms with Crippen LogP contribution in [-0.4, -0.2) is 51.7 Å². The normalized spacial score (nSPS) is 13.3. The lowest BCUT2D eigenvalue weighted by Gasteiger charge is -2.38. The van der Waals surface area contributed by atoms with E-state index in [1.54, 1.807) is 0 Å². The molecule has 0 fully saturated rings. The van der Waals surface area contributed by atoms with Crippen molar-refractivity contribution in [3.63, 3.8) is 0 Å². The highest BCUT2D eigenvalue weighted by molar-refractivity contribution is 5.75. The lowest BCUT2D eigenvalue weighted by molar-refractivity contribution is 0.0388. The van der Waals surface area contributed by atoms with E-state index in [1.165, 1.54) is 11.1 Å². The van der Waals surface area contributed by atoms with Crippen LogP contribution in [0.4, 0.5) is 4.79 Å². The van der Waals surface area contributed by atoms with Crippen molar-refractivity contribution in [3.05, 3.63) is 108 Å². The van der Waals surface area contributed by atoms with Gasteiger partial charge in [0, 0.05) is 37.8 Å². The number of urea groups is 1. The standard InChI is InChI=1S/C34H47N3O2/c1-27(2)21-22-37(34(3,4)5)33(39)35-24-32(38)31(23-28-15-9-6-10-16-28)36(25-29-17-11-7-12-18-29)26-30-19-13-8-14-20-30/h6-20,27,31-32,38H,21-26H2,1-5H3,(H,35,39)/t31-,32+/m0/s1. The van der Waals surface area contributed by atoms with Crippen LogP contribution in [0.3, 0.4) is 0 Å². The summed E-state index contributed by atoms with van der Waals surface area (Å²) < 4.78 is 0. The molecule has 0 unspecified atom stereocenters. The molecule has 0 heterocycles. The average molecular weight is 530 g/mol. The molecule has 5 heteroatoms. The lowest BCUT2D eigenvalue weighted by Crippen LogP contribution is -2.54. The van der Waals surface area contributed by atoms with Gasteiger partial charge in [-0.25, -0.2) is 4.79 Å². The Balaban J connectivity index is 1.84. The molecule has 3 aromatic carbocycles. The van der Waals surface area contributed by atoms with E-state index in [4.69, 9.17) is 0 Å². The van der Waals surface area contributed by atoms with E-state index in [1.807, 2.05) is 35.2 Å². The van der Waals surface area contributed by atoms with E-state index in [-0.39, 0.29) is 24.2 Å². The second-order valence-electron chi connectivity index (χ2n) is 11.9. The number of nitrogens with zero attached hydrogens (tertiary/aromatic N) is 2. The van der Waals surface area contributed by atoms with Crippen molar-refractivity contribution in [2.24, 2.45) is 5.92 Å².